The Morgan fingerprint density at radius 3 is 2.57 bits per heavy atom. The number of alkyl halides is 1. The molecule has 0 fully saturated rings. The van der Waals surface area contributed by atoms with Gasteiger partial charge in [0.05, 0.1) is 5.38 Å². The van der Waals surface area contributed by atoms with Crippen molar-refractivity contribution >= 4 is 39.1 Å². The van der Waals surface area contributed by atoms with Crippen LogP contribution < -0.4 is 0 Å². The van der Waals surface area contributed by atoms with Gasteiger partial charge in [-0.15, -0.1) is 11.6 Å². The van der Waals surface area contributed by atoms with E-state index in [0.717, 1.165) is 21.5 Å². The van der Waals surface area contributed by atoms with Gasteiger partial charge in [0.1, 0.15) is 0 Å². The van der Waals surface area contributed by atoms with E-state index in [-0.39, 0.29) is 5.38 Å². The van der Waals surface area contributed by atoms with E-state index in [1.807, 2.05) is 18.2 Å². The molecule has 1 aromatic rings. The topological polar surface area (TPSA) is 0 Å². The fraction of sp³-hybridized carbons (Fsp3) is 0.455. The molecular formula is C11H13BrCl2. The van der Waals surface area contributed by atoms with Crippen LogP contribution >= 0.6 is 39.1 Å². The molecule has 1 aromatic carbocycles. The van der Waals surface area contributed by atoms with Gasteiger partial charge in [0.25, 0.3) is 0 Å². The van der Waals surface area contributed by atoms with Crippen molar-refractivity contribution < 1.29 is 0 Å². The van der Waals surface area contributed by atoms with Crippen LogP contribution in [0.5, 0.6) is 0 Å². The highest BCUT2D eigenvalue weighted by Gasteiger charge is 2.19. The molecular weight excluding hydrogens is 283 g/mol. The standard InChI is InChI=1S/C11H13BrCl2/c1-3-7(2)11(14)10-8(12)5-4-6-9(10)13/h4-7,11H,3H2,1-2H3. The monoisotopic (exact) mass is 294 g/mol. The van der Waals surface area contributed by atoms with Crippen molar-refractivity contribution in [2.45, 2.75) is 25.6 Å². The molecule has 14 heavy (non-hydrogen) atoms. The molecule has 2 atom stereocenters. The van der Waals surface area contributed by atoms with E-state index >= 15 is 0 Å². The summed E-state index contributed by atoms with van der Waals surface area (Å²) in [5.74, 6) is 0.424. The molecule has 0 N–H and O–H groups in total. The van der Waals surface area contributed by atoms with Gasteiger partial charge in [0, 0.05) is 15.1 Å². The van der Waals surface area contributed by atoms with E-state index in [0.29, 0.717) is 5.92 Å². The predicted octanol–water partition coefficient (Wildman–Crippen LogP) is 5.43. The highest BCUT2D eigenvalue weighted by atomic mass is 79.9. The lowest BCUT2D eigenvalue weighted by Crippen LogP contribution is -2.04. The van der Waals surface area contributed by atoms with E-state index in [9.17, 15) is 0 Å². The zero-order valence-corrected chi connectivity index (χ0v) is 11.3. The van der Waals surface area contributed by atoms with Crippen LogP contribution in [0.2, 0.25) is 5.02 Å². The number of hydrogen-bond donors (Lipinski definition) is 0. The van der Waals surface area contributed by atoms with Crippen molar-refractivity contribution in [3.63, 3.8) is 0 Å². The van der Waals surface area contributed by atoms with E-state index < -0.39 is 0 Å². The second kappa shape index (κ2) is 5.39. The molecule has 0 heterocycles. The molecule has 0 bridgehead atoms. The lowest BCUT2D eigenvalue weighted by molar-refractivity contribution is 0.541. The first kappa shape index (κ1) is 12.4. The third-order valence-corrected chi connectivity index (χ3v) is 4.09. The molecule has 0 aliphatic rings. The van der Waals surface area contributed by atoms with Crippen LogP contribution in [0.1, 0.15) is 31.2 Å². The summed E-state index contributed by atoms with van der Waals surface area (Å²) >= 11 is 15.9. The van der Waals surface area contributed by atoms with Crippen molar-refractivity contribution in [3.8, 4) is 0 Å². The van der Waals surface area contributed by atoms with Crippen LogP contribution in [0.25, 0.3) is 0 Å². The summed E-state index contributed by atoms with van der Waals surface area (Å²) in [5, 5.41) is 0.711. The Hall–Kier alpha value is 0.280. The zero-order valence-electron chi connectivity index (χ0n) is 8.23. The molecule has 1 rings (SSSR count). The normalized spacial score (nSPS) is 15.2. The maximum absolute atomic E-state index is 6.35. The van der Waals surface area contributed by atoms with E-state index in [2.05, 4.69) is 29.8 Å². The van der Waals surface area contributed by atoms with Gasteiger partial charge >= 0.3 is 0 Å². The maximum atomic E-state index is 6.35. The quantitative estimate of drug-likeness (QED) is 0.652. The Bertz CT molecular complexity index is 292. The highest BCUT2D eigenvalue weighted by Crippen LogP contribution is 2.39. The molecule has 0 aromatic heterocycles. The fourth-order valence-electron chi connectivity index (χ4n) is 1.27. The average Bonchev–Trinajstić information content (AvgIpc) is 2.16. The molecule has 0 spiro atoms. The molecule has 0 saturated heterocycles. The van der Waals surface area contributed by atoms with E-state index in [1.165, 1.54) is 0 Å². The lowest BCUT2D eigenvalue weighted by Gasteiger charge is -2.19. The molecule has 2 unspecified atom stereocenters. The van der Waals surface area contributed by atoms with Crippen LogP contribution in [0, 0.1) is 5.92 Å². The van der Waals surface area contributed by atoms with Crippen molar-refractivity contribution in [3.05, 3.63) is 33.3 Å². The van der Waals surface area contributed by atoms with Gasteiger partial charge in [-0.2, -0.15) is 0 Å². The summed E-state index contributed by atoms with van der Waals surface area (Å²) in [5.41, 5.74) is 1.00. The number of halogens is 3. The maximum Gasteiger partial charge on any atom is 0.0636 e. The first-order valence-electron chi connectivity index (χ1n) is 4.65. The molecule has 0 aliphatic carbocycles. The van der Waals surface area contributed by atoms with Crippen LogP contribution in [0.4, 0.5) is 0 Å². The molecule has 0 amide bonds. The van der Waals surface area contributed by atoms with Gasteiger partial charge in [0.2, 0.25) is 0 Å². The van der Waals surface area contributed by atoms with Gasteiger partial charge < -0.3 is 0 Å². The summed E-state index contributed by atoms with van der Waals surface area (Å²) < 4.78 is 0.991. The second-order valence-corrected chi connectivity index (χ2v) is 5.15. The molecule has 0 nitrogen and oxygen atoms in total. The van der Waals surface area contributed by atoms with Gasteiger partial charge in [-0.05, 0) is 18.1 Å². The van der Waals surface area contributed by atoms with Crippen molar-refractivity contribution in [2.24, 2.45) is 5.92 Å². The summed E-state index contributed by atoms with van der Waals surface area (Å²) in [6.45, 7) is 4.26. The SMILES string of the molecule is CCC(C)C(Cl)c1c(Cl)cccc1Br. The molecule has 0 radical (unpaired) electrons. The Morgan fingerprint density at radius 1 is 1.43 bits per heavy atom. The summed E-state index contributed by atoms with van der Waals surface area (Å²) in [7, 11) is 0. The Labute approximate surface area is 104 Å². The van der Waals surface area contributed by atoms with Crippen LogP contribution in [0.3, 0.4) is 0 Å². The second-order valence-electron chi connectivity index (χ2n) is 3.42. The van der Waals surface area contributed by atoms with Crippen LogP contribution in [0.15, 0.2) is 22.7 Å². The van der Waals surface area contributed by atoms with E-state index in [4.69, 9.17) is 23.2 Å². The lowest BCUT2D eigenvalue weighted by atomic mass is 9.98. The predicted molar refractivity (Wildman–Crippen MR) is 67.2 cm³/mol. The van der Waals surface area contributed by atoms with Gasteiger partial charge in [-0.3, -0.25) is 0 Å². The molecule has 0 aliphatic heterocycles. The van der Waals surface area contributed by atoms with Gasteiger partial charge in [-0.1, -0.05) is 53.9 Å². The summed E-state index contributed by atoms with van der Waals surface area (Å²) in [4.78, 5) is 0. The molecule has 3 heteroatoms. The minimum absolute atomic E-state index is 0.0249. The first-order chi connectivity index (χ1) is 6.57. The Kier molecular flexibility index (Phi) is 4.75. The largest absolute Gasteiger partial charge is 0.117 e. The number of rotatable bonds is 3. The third kappa shape index (κ3) is 2.65. The smallest absolute Gasteiger partial charge is 0.0636 e. The highest BCUT2D eigenvalue weighted by molar-refractivity contribution is 9.10. The minimum Gasteiger partial charge on any atom is -0.117 e. The first-order valence-corrected chi connectivity index (χ1v) is 6.26. The number of benzene rings is 1. The molecule has 78 valence electrons. The van der Waals surface area contributed by atoms with Crippen LogP contribution in [-0.2, 0) is 0 Å². The van der Waals surface area contributed by atoms with Crippen molar-refractivity contribution in [2.75, 3.05) is 0 Å². The molecule has 0 saturated carbocycles. The zero-order chi connectivity index (χ0) is 10.7. The van der Waals surface area contributed by atoms with Gasteiger partial charge in [0.15, 0.2) is 0 Å². The fourth-order valence-corrected chi connectivity index (χ4v) is 2.89. The van der Waals surface area contributed by atoms with Crippen molar-refractivity contribution in [1.82, 2.24) is 0 Å². The van der Waals surface area contributed by atoms with E-state index in [1.54, 1.807) is 0 Å². The number of hydrogen-bond acceptors (Lipinski definition) is 0. The van der Waals surface area contributed by atoms with Gasteiger partial charge in [-0.25, -0.2) is 0 Å². The minimum atomic E-state index is -0.0249. The third-order valence-electron chi connectivity index (χ3n) is 2.42. The average molecular weight is 296 g/mol. The van der Waals surface area contributed by atoms with Crippen LogP contribution in [-0.4, -0.2) is 0 Å². The Balaban J connectivity index is 3.05. The van der Waals surface area contributed by atoms with Crippen molar-refractivity contribution in [1.29, 1.82) is 0 Å². The summed E-state index contributed by atoms with van der Waals surface area (Å²) in [6.07, 6.45) is 1.05. The Morgan fingerprint density at radius 2 is 2.07 bits per heavy atom. The summed E-state index contributed by atoms with van der Waals surface area (Å²) in [6, 6.07) is 5.76.